The Morgan fingerprint density at radius 1 is 1.08 bits per heavy atom. The van der Waals surface area contributed by atoms with Crippen LogP contribution in [-0.4, -0.2) is 71.4 Å². The van der Waals surface area contributed by atoms with Crippen LogP contribution in [0.15, 0.2) is 24.3 Å². The van der Waals surface area contributed by atoms with Gasteiger partial charge in [-0.25, -0.2) is 17.9 Å². The second-order valence-corrected chi connectivity index (χ2v) is 12.4. The highest BCUT2D eigenvalue weighted by atomic mass is 32.2. The number of carbonyl (C=O) groups excluding carboxylic acids is 2. The summed E-state index contributed by atoms with van der Waals surface area (Å²) in [6.45, 7) is 0.0674. The minimum absolute atomic E-state index is 0.0674. The van der Waals surface area contributed by atoms with Crippen LogP contribution in [-0.2, 0) is 33.0 Å². The molecule has 0 unspecified atom stereocenters. The van der Waals surface area contributed by atoms with Gasteiger partial charge >= 0.3 is 6.09 Å². The van der Waals surface area contributed by atoms with Crippen molar-refractivity contribution >= 4 is 21.7 Å². The number of ether oxygens (including phenoxy) is 2. The lowest BCUT2D eigenvalue weighted by Gasteiger charge is -2.28. The first-order valence-electron chi connectivity index (χ1n) is 12.9. The van der Waals surface area contributed by atoms with Crippen LogP contribution in [0.25, 0.3) is 11.3 Å². The van der Waals surface area contributed by atoms with E-state index in [1.165, 1.54) is 0 Å². The Balaban J connectivity index is 1.36. The minimum Gasteiger partial charge on any atom is -0.490 e. The van der Waals surface area contributed by atoms with E-state index >= 15 is 0 Å². The van der Waals surface area contributed by atoms with E-state index in [0.717, 1.165) is 50.3 Å². The predicted octanol–water partition coefficient (Wildman–Crippen LogP) is 3.54. The van der Waals surface area contributed by atoms with E-state index in [1.807, 2.05) is 24.3 Å². The van der Waals surface area contributed by atoms with Gasteiger partial charge in [-0.3, -0.25) is 4.79 Å². The van der Waals surface area contributed by atoms with Gasteiger partial charge in [0.05, 0.1) is 6.10 Å². The Hall–Kier alpha value is -2.95. The Labute approximate surface area is 218 Å². The number of ketones is 1. The molecule has 1 aromatic heterocycles. The van der Waals surface area contributed by atoms with Crippen LogP contribution >= 0.6 is 0 Å². The molecule has 1 amide bonds. The van der Waals surface area contributed by atoms with Crippen LogP contribution in [0.2, 0.25) is 0 Å². The third-order valence-electron chi connectivity index (χ3n) is 7.35. The molecule has 2 fully saturated rings. The van der Waals surface area contributed by atoms with Crippen LogP contribution in [0, 0.1) is 5.92 Å². The summed E-state index contributed by atoms with van der Waals surface area (Å²) in [7, 11) is 0.221. The average Bonchev–Trinajstić information content (AvgIpc) is 3.52. The van der Waals surface area contributed by atoms with Crippen LogP contribution in [0.4, 0.5) is 4.79 Å². The summed E-state index contributed by atoms with van der Waals surface area (Å²) in [6, 6.07) is 7.68. The minimum atomic E-state index is -3.33. The number of rotatable bonds is 9. The van der Waals surface area contributed by atoms with Gasteiger partial charge in [-0.05, 0) is 62.8 Å². The smallest absolute Gasteiger partial charge is 0.410 e. The van der Waals surface area contributed by atoms with Crippen molar-refractivity contribution in [3.8, 4) is 17.0 Å². The molecule has 0 bridgehead atoms. The molecule has 11 heteroatoms. The molecular weight excluding hydrogens is 496 g/mol. The zero-order chi connectivity index (χ0) is 26.6. The Bertz CT molecular complexity index is 1200. The maximum Gasteiger partial charge on any atom is 0.410 e. The summed E-state index contributed by atoms with van der Waals surface area (Å²) in [5.41, 5.74) is 2.15. The molecule has 1 heterocycles. The number of amides is 1. The second kappa shape index (κ2) is 11.6. The van der Waals surface area contributed by atoms with Crippen molar-refractivity contribution in [2.24, 2.45) is 13.0 Å². The molecular formula is C26H36N4O6S. The number of hydrogen-bond acceptors (Lipinski definition) is 8. The lowest BCUT2D eigenvalue weighted by atomic mass is 9.85. The first-order chi connectivity index (χ1) is 17.6. The molecule has 0 N–H and O–H groups in total. The number of sulfone groups is 1. The number of hydrogen-bond donors (Lipinski definition) is 0. The van der Waals surface area contributed by atoms with Crippen LogP contribution in [0.5, 0.6) is 5.75 Å². The normalized spacial score (nSPS) is 20.5. The highest BCUT2D eigenvalue weighted by molar-refractivity contribution is 7.91. The van der Waals surface area contributed by atoms with Crippen LogP contribution < -0.4 is 4.74 Å². The second-order valence-electron chi connectivity index (χ2n) is 10.3. The number of aromatic nitrogens is 3. The first-order valence-corrected chi connectivity index (χ1v) is 14.9. The first kappa shape index (κ1) is 27.1. The summed E-state index contributed by atoms with van der Waals surface area (Å²) in [5.74, 6) is -0.257. The predicted molar refractivity (Wildman–Crippen MR) is 138 cm³/mol. The van der Waals surface area contributed by atoms with Crippen LogP contribution in [0.1, 0.15) is 57.1 Å². The monoisotopic (exact) mass is 532 g/mol. The summed E-state index contributed by atoms with van der Waals surface area (Å²) in [5, 5.41) is 8.39. The maximum absolute atomic E-state index is 12.5. The van der Waals surface area contributed by atoms with E-state index in [0.29, 0.717) is 30.0 Å². The molecule has 1 aromatic carbocycles. The molecule has 2 aliphatic carbocycles. The average molecular weight is 533 g/mol. The molecule has 0 spiro atoms. The summed E-state index contributed by atoms with van der Waals surface area (Å²) < 4.78 is 36.3. The Morgan fingerprint density at radius 3 is 2.46 bits per heavy atom. The Kier molecular flexibility index (Phi) is 8.51. The number of nitrogens with zero attached hydrogens (tertiary/aromatic N) is 4. The summed E-state index contributed by atoms with van der Waals surface area (Å²) >= 11 is 0. The van der Waals surface area contributed by atoms with E-state index < -0.39 is 15.6 Å². The quantitative estimate of drug-likeness (QED) is 0.481. The van der Waals surface area contributed by atoms with Gasteiger partial charge in [-0.2, -0.15) is 0 Å². The molecule has 0 saturated heterocycles. The van der Waals surface area contributed by atoms with E-state index in [-0.39, 0.29) is 36.5 Å². The summed E-state index contributed by atoms with van der Waals surface area (Å²) in [4.78, 5) is 26.6. The molecule has 10 nitrogen and oxygen atoms in total. The van der Waals surface area contributed by atoms with Crippen molar-refractivity contribution in [1.82, 2.24) is 19.9 Å². The van der Waals surface area contributed by atoms with Crippen molar-refractivity contribution < 1.29 is 27.5 Å². The SMILES string of the molecule is CN(C(=O)OCc1c(-c2ccc(O[C@H]3CCC[C@H](C(=O)CS(C)(=O)=O)C3)cc2)nnn1C)C1CCCC1. The van der Waals surface area contributed by atoms with Gasteiger partial charge in [-0.1, -0.05) is 18.1 Å². The zero-order valence-electron chi connectivity index (χ0n) is 21.8. The van der Waals surface area contributed by atoms with Crippen molar-refractivity contribution in [2.75, 3.05) is 19.1 Å². The fourth-order valence-electron chi connectivity index (χ4n) is 5.24. The molecule has 2 aliphatic rings. The standard InChI is InChI=1S/C26H36N4O6S/c1-29(20-8-4-5-9-20)26(32)35-16-23-25(27-28-30(23)2)18-11-13-21(14-12-18)36-22-10-6-7-19(15-22)24(31)17-37(3,33)34/h11-14,19-20,22H,4-10,15-17H2,1-3H3/t19-,22-/m0/s1. The van der Waals surface area contributed by atoms with Crippen molar-refractivity contribution in [3.63, 3.8) is 0 Å². The van der Waals surface area contributed by atoms with Gasteiger partial charge in [0.15, 0.2) is 15.6 Å². The van der Waals surface area contributed by atoms with E-state index in [4.69, 9.17) is 9.47 Å². The fraction of sp³-hybridized carbons (Fsp3) is 0.615. The van der Waals surface area contributed by atoms with E-state index in [9.17, 15) is 18.0 Å². The molecule has 202 valence electrons. The number of benzene rings is 1. The Morgan fingerprint density at radius 2 is 1.78 bits per heavy atom. The van der Waals surface area contributed by atoms with Gasteiger partial charge in [0, 0.05) is 37.9 Å². The number of aryl methyl sites for hydroxylation is 1. The van der Waals surface area contributed by atoms with E-state index in [2.05, 4.69) is 10.3 Å². The van der Waals surface area contributed by atoms with Crippen LogP contribution in [0.3, 0.4) is 0 Å². The van der Waals surface area contributed by atoms with Gasteiger partial charge in [0.25, 0.3) is 0 Å². The largest absolute Gasteiger partial charge is 0.490 e. The van der Waals surface area contributed by atoms with E-state index in [1.54, 1.807) is 23.7 Å². The lowest BCUT2D eigenvalue weighted by molar-refractivity contribution is -0.122. The molecule has 2 saturated carbocycles. The highest BCUT2D eigenvalue weighted by Gasteiger charge is 2.30. The van der Waals surface area contributed by atoms with Gasteiger partial charge in [0.2, 0.25) is 0 Å². The van der Waals surface area contributed by atoms with Gasteiger partial charge < -0.3 is 14.4 Å². The lowest BCUT2D eigenvalue weighted by Crippen LogP contribution is -2.35. The molecule has 37 heavy (non-hydrogen) atoms. The third kappa shape index (κ3) is 7.09. The van der Waals surface area contributed by atoms with Gasteiger partial charge in [-0.15, -0.1) is 5.10 Å². The third-order valence-corrected chi connectivity index (χ3v) is 8.16. The molecule has 0 aliphatic heterocycles. The van der Waals surface area contributed by atoms with Crippen molar-refractivity contribution in [2.45, 2.75) is 70.1 Å². The number of carbonyl (C=O) groups is 2. The van der Waals surface area contributed by atoms with Gasteiger partial charge in [0.1, 0.15) is 29.5 Å². The van der Waals surface area contributed by atoms with Crippen molar-refractivity contribution in [3.05, 3.63) is 30.0 Å². The maximum atomic E-state index is 12.5. The highest BCUT2D eigenvalue weighted by Crippen LogP contribution is 2.30. The molecule has 2 atom stereocenters. The number of Topliss-reactive ketones (excluding diaryl/α,β-unsaturated/α-hetero) is 1. The van der Waals surface area contributed by atoms with Crippen molar-refractivity contribution in [1.29, 1.82) is 0 Å². The molecule has 4 rings (SSSR count). The molecule has 0 radical (unpaired) electrons. The molecule has 2 aromatic rings. The summed E-state index contributed by atoms with van der Waals surface area (Å²) in [6.07, 6.45) is 7.76. The fourth-order valence-corrected chi connectivity index (χ4v) is 5.99. The topological polar surface area (TPSA) is 121 Å². The zero-order valence-corrected chi connectivity index (χ0v) is 22.6.